The van der Waals surface area contributed by atoms with E-state index < -0.39 is 23.6 Å². The van der Waals surface area contributed by atoms with Gasteiger partial charge in [-0.25, -0.2) is 4.79 Å². The van der Waals surface area contributed by atoms with Gasteiger partial charge in [0.1, 0.15) is 19.8 Å². The number of benzene rings is 2. The van der Waals surface area contributed by atoms with Gasteiger partial charge < -0.3 is 19.5 Å². The lowest BCUT2D eigenvalue weighted by atomic mass is 9.79. The van der Waals surface area contributed by atoms with E-state index in [1.807, 2.05) is 0 Å². The standard InChI is InChI=1S/C20H14F3NO4/c21-20(22,23)12-4-2-1-3-10(12)17-11-7-15-16(27-6-5-26-15)8-13(11)24-14-9-28-19(25)18(14)17/h1-4,7-8,17,24H,5-6,9H2/t17-/m1/s1. The van der Waals surface area contributed by atoms with Crippen LogP contribution >= 0.6 is 0 Å². The number of rotatable bonds is 1. The van der Waals surface area contributed by atoms with Gasteiger partial charge in [-0.15, -0.1) is 0 Å². The molecule has 0 saturated heterocycles. The summed E-state index contributed by atoms with van der Waals surface area (Å²) in [5, 5.41) is 3.11. The molecule has 1 atom stereocenters. The van der Waals surface area contributed by atoms with Crippen LogP contribution in [-0.4, -0.2) is 25.8 Å². The summed E-state index contributed by atoms with van der Waals surface area (Å²) in [7, 11) is 0. The SMILES string of the molecule is O=C1OCC2=C1[C@H](c1ccccc1C(F)(F)F)c1cc3c(cc1N2)OCCO3. The Morgan fingerprint density at radius 2 is 1.68 bits per heavy atom. The van der Waals surface area contributed by atoms with Crippen LogP contribution in [0.5, 0.6) is 11.5 Å². The van der Waals surface area contributed by atoms with E-state index >= 15 is 0 Å². The smallest absolute Gasteiger partial charge is 0.416 e. The molecule has 2 aromatic rings. The first kappa shape index (κ1) is 17.0. The Hall–Kier alpha value is -3.16. The molecule has 0 aromatic heterocycles. The lowest BCUT2D eigenvalue weighted by Crippen LogP contribution is -2.23. The Balaban J connectivity index is 1.76. The Morgan fingerprint density at radius 3 is 2.43 bits per heavy atom. The molecule has 0 amide bonds. The highest BCUT2D eigenvalue weighted by molar-refractivity contribution is 5.97. The fraction of sp³-hybridized carbons (Fsp3) is 0.250. The number of hydrogen-bond acceptors (Lipinski definition) is 5. The quantitative estimate of drug-likeness (QED) is 0.751. The lowest BCUT2D eigenvalue weighted by molar-refractivity contribution is -0.139. The van der Waals surface area contributed by atoms with E-state index in [1.54, 1.807) is 12.1 Å². The zero-order valence-electron chi connectivity index (χ0n) is 14.4. The number of halogens is 3. The first-order valence-corrected chi connectivity index (χ1v) is 8.70. The number of fused-ring (bicyclic) bond motifs is 2. The highest BCUT2D eigenvalue weighted by Crippen LogP contribution is 2.50. The van der Waals surface area contributed by atoms with Gasteiger partial charge in [0.25, 0.3) is 0 Å². The molecule has 0 spiro atoms. The average Bonchev–Trinajstić information content (AvgIpc) is 3.04. The number of cyclic esters (lactones) is 1. The molecule has 0 aliphatic carbocycles. The predicted molar refractivity (Wildman–Crippen MR) is 92.3 cm³/mol. The maximum Gasteiger partial charge on any atom is 0.416 e. The van der Waals surface area contributed by atoms with Gasteiger partial charge in [0.2, 0.25) is 0 Å². The summed E-state index contributed by atoms with van der Waals surface area (Å²) in [6.07, 6.45) is -4.56. The van der Waals surface area contributed by atoms with Crippen molar-refractivity contribution >= 4 is 11.7 Å². The number of nitrogens with one attached hydrogen (secondary N) is 1. The minimum absolute atomic E-state index is 0.000720. The largest absolute Gasteiger partial charge is 0.486 e. The minimum Gasteiger partial charge on any atom is -0.486 e. The van der Waals surface area contributed by atoms with E-state index in [2.05, 4.69) is 5.32 Å². The fourth-order valence-corrected chi connectivity index (χ4v) is 3.91. The summed E-state index contributed by atoms with van der Waals surface area (Å²) in [5.41, 5.74) is 0.967. The maximum atomic E-state index is 13.7. The van der Waals surface area contributed by atoms with Crippen molar-refractivity contribution in [3.05, 3.63) is 64.4 Å². The predicted octanol–water partition coefficient (Wildman–Crippen LogP) is 3.84. The van der Waals surface area contributed by atoms with Crippen LogP contribution in [0.1, 0.15) is 22.6 Å². The zero-order chi connectivity index (χ0) is 19.5. The van der Waals surface area contributed by atoms with Gasteiger partial charge in [-0.2, -0.15) is 13.2 Å². The van der Waals surface area contributed by atoms with Crippen molar-refractivity contribution in [2.24, 2.45) is 0 Å². The zero-order valence-corrected chi connectivity index (χ0v) is 14.4. The van der Waals surface area contributed by atoms with E-state index in [9.17, 15) is 18.0 Å². The van der Waals surface area contributed by atoms with Gasteiger partial charge in [0.15, 0.2) is 11.5 Å². The molecule has 5 rings (SSSR count). The molecule has 0 saturated carbocycles. The summed E-state index contributed by atoms with van der Waals surface area (Å²) in [6.45, 7) is 0.730. The Morgan fingerprint density at radius 1 is 0.964 bits per heavy atom. The number of hydrogen-bond donors (Lipinski definition) is 1. The second kappa shape index (κ2) is 5.92. The molecule has 3 aliphatic rings. The summed E-state index contributed by atoms with van der Waals surface area (Å²) in [5.74, 6) is -0.591. The van der Waals surface area contributed by atoms with E-state index in [1.165, 1.54) is 18.2 Å². The van der Waals surface area contributed by atoms with Crippen LogP contribution in [0.15, 0.2) is 47.7 Å². The van der Waals surface area contributed by atoms with Crippen LogP contribution in [0.3, 0.4) is 0 Å². The molecule has 1 N–H and O–H groups in total. The van der Waals surface area contributed by atoms with Crippen molar-refractivity contribution in [2.45, 2.75) is 12.1 Å². The highest BCUT2D eigenvalue weighted by Gasteiger charge is 2.43. The van der Waals surface area contributed by atoms with Gasteiger partial charge in [0, 0.05) is 17.7 Å². The molecule has 5 nitrogen and oxygen atoms in total. The van der Waals surface area contributed by atoms with Crippen molar-refractivity contribution in [3.63, 3.8) is 0 Å². The van der Waals surface area contributed by atoms with Gasteiger partial charge in [0.05, 0.1) is 16.8 Å². The van der Waals surface area contributed by atoms with Crippen LogP contribution in [0.2, 0.25) is 0 Å². The minimum atomic E-state index is -4.56. The number of anilines is 1. The first-order valence-electron chi connectivity index (χ1n) is 8.70. The third kappa shape index (κ3) is 2.51. The Kier molecular flexibility index (Phi) is 3.59. The van der Waals surface area contributed by atoms with Crippen molar-refractivity contribution in [2.75, 3.05) is 25.1 Å². The van der Waals surface area contributed by atoms with Crippen molar-refractivity contribution in [3.8, 4) is 11.5 Å². The van der Waals surface area contributed by atoms with Crippen LogP contribution in [0, 0.1) is 0 Å². The van der Waals surface area contributed by atoms with E-state index in [-0.39, 0.29) is 17.7 Å². The topological polar surface area (TPSA) is 56.8 Å². The van der Waals surface area contributed by atoms with Crippen LogP contribution in [0.4, 0.5) is 18.9 Å². The molecule has 3 aliphatic heterocycles. The van der Waals surface area contributed by atoms with Crippen molar-refractivity contribution < 1.29 is 32.2 Å². The monoisotopic (exact) mass is 389 g/mol. The Bertz CT molecular complexity index is 1030. The summed E-state index contributed by atoms with van der Waals surface area (Å²) < 4.78 is 57.4. The number of alkyl halides is 3. The van der Waals surface area contributed by atoms with Crippen LogP contribution < -0.4 is 14.8 Å². The molecule has 2 aromatic carbocycles. The third-order valence-electron chi connectivity index (χ3n) is 5.07. The van der Waals surface area contributed by atoms with E-state index in [4.69, 9.17) is 14.2 Å². The molecule has 28 heavy (non-hydrogen) atoms. The molecular formula is C20H14F3NO4. The van der Waals surface area contributed by atoms with E-state index in [0.717, 1.165) is 6.07 Å². The summed E-state index contributed by atoms with van der Waals surface area (Å²) in [4.78, 5) is 12.4. The lowest BCUT2D eigenvalue weighted by Gasteiger charge is -2.30. The van der Waals surface area contributed by atoms with Crippen molar-refractivity contribution in [1.29, 1.82) is 0 Å². The molecule has 0 fully saturated rings. The maximum absolute atomic E-state index is 13.7. The number of carbonyl (C=O) groups is 1. The summed E-state index contributed by atoms with van der Waals surface area (Å²) in [6, 6.07) is 8.63. The molecule has 0 bridgehead atoms. The molecule has 0 radical (unpaired) electrons. The molecule has 8 heteroatoms. The summed E-state index contributed by atoms with van der Waals surface area (Å²) >= 11 is 0. The van der Waals surface area contributed by atoms with Gasteiger partial charge in [-0.3, -0.25) is 0 Å². The highest BCUT2D eigenvalue weighted by atomic mass is 19.4. The van der Waals surface area contributed by atoms with Crippen LogP contribution in [0.25, 0.3) is 0 Å². The number of esters is 1. The third-order valence-corrected chi connectivity index (χ3v) is 5.07. The van der Waals surface area contributed by atoms with Gasteiger partial charge in [-0.1, -0.05) is 18.2 Å². The average molecular weight is 389 g/mol. The molecule has 0 unspecified atom stereocenters. The normalized spacial score (nSPS) is 20.2. The second-order valence-corrected chi connectivity index (χ2v) is 6.69. The Labute approximate surface area is 157 Å². The number of ether oxygens (including phenoxy) is 3. The molecular weight excluding hydrogens is 375 g/mol. The molecule has 144 valence electrons. The molecule has 3 heterocycles. The second-order valence-electron chi connectivity index (χ2n) is 6.69. The number of carbonyl (C=O) groups excluding carboxylic acids is 1. The van der Waals surface area contributed by atoms with Crippen molar-refractivity contribution in [1.82, 2.24) is 0 Å². The van der Waals surface area contributed by atoms with Gasteiger partial charge in [-0.05, 0) is 23.3 Å². The first-order chi connectivity index (χ1) is 13.4. The van der Waals surface area contributed by atoms with Crippen LogP contribution in [-0.2, 0) is 15.7 Å². The van der Waals surface area contributed by atoms with E-state index in [0.29, 0.717) is 41.7 Å². The van der Waals surface area contributed by atoms with Gasteiger partial charge >= 0.3 is 12.1 Å². The fourth-order valence-electron chi connectivity index (χ4n) is 3.91.